The number of unbranched alkanes of at least 4 members (excludes halogenated alkanes) is 1. The van der Waals surface area contributed by atoms with E-state index in [1.807, 2.05) is 23.6 Å². The lowest BCUT2D eigenvalue weighted by atomic mass is 9.85. The smallest absolute Gasteiger partial charge is 0.337 e. The lowest BCUT2D eigenvalue weighted by Gasteiger charge is -2.20. The number of nitro benzene ring substituents is 1. The van der Waals surface area contributed by atoms with Gasteiger partial charge >= 0.3 is 5.97 Å². The molecule has 9 heteroatoms. The maximum Gasteiger partial charge on any atom is 0.337 e. The average Bonchev–Trinajstić information content (AvgIpc) is 3.37. The Morgan fingerprint density at radius 1 is 1.02 bits per heavy atom. The Hall–Kier alpha value is -3.56. The summed E-state index contributed by atoms with van der Waals surface area (Å²) < 4.78 is 12.5. The lowest BCUT2D eigenvalue weighted by molar-refractivity contribution is -0.386. The fraction of sp³-hybridized carbons (Fsp3) is 0.556. The maximum atomic E-state index is 12.4. The highest BCUT2D eigenvalue weighted by Crippen LogP contribution is 2.44. The van der Waals surface area contributed by atoms with Crippen molar-refractivity contribution in [2.45, 2.75) is 97.1 Å². The van der Waals surface area contributed by atoms with Crippen LogP contribution in [0.1, 0.15) is 112 Å². The number of carbonyl (C=O) groups is 2. The molecule has 45 heavy (non-hydrogen) atoms. The number of benzene rings is 2. The SMILES string of the molecule is CCCCC(CCC)c1c(-c2ccc([N+](=O)[O-])c(C(CC)OC)c2)n(CC=O)c2cc(C(=O)OC)ccc12.CN1CCCCC1. The number of hydrogen-bond donors (Lipinski definition) is 0. The second-order valence-corrected chi connectivity index (χ2v) is 11.9. The molecule has 2 aromatic carbocycles. The van der Waals surface area contributed by atoms with E-state index >= 15 is 0 Å². The number of nitrogens with zero attached hydrogens (tertiary/aromatic N) is 3. The largest absolute Gasteiger partial charge is 0.465 e. The van der Waals surface area contributed by atoms with Gasteiger partial charge in [0.1, 0.15) is 6.29 Å². The molecule has 1 saturated heterocycles. The molecule has 1 fully saturated rings. The molecule has 2 atom stereocenters. The van der Waals surface area contributed by atoms with Crippen molar-refractivity contribution in [3.8, 4) is 11.3 Å². The first kappa shape index (κ1) is 35.9. The first-order valence-corrected chi connectivity index (χ1v) is 16.4. The standard InChI is InChI=1S/C30H38N2O6.C6H13N/c1-6-9-11-20(10-7-2)28-23-14-12-22(30(34)38-5)19-26(23)31(16-17-33)29(28)21-13-15-25(32(35)36)24(18-21)27(8-3)37-4;1-7-5-3-2-4-6-7/h12-15,17-20,27H,6-11,16H2,1-5H3;2-6H2,1H3. The van der Waals surface area contributed by atoms with E-state index in [9.17, 15) is 19.7 Å². The first-order valence-electron chi connectivity index (χ1n) is 16.4. The summed E-state index contributed by atoms with van der Waals surface area (Å²) in [7, 11) is 5.09. The highest BCUT2D eigenvalue weighted by molar-refractivity contribution is 5.99. The van der Waals surface area contributed by atoms with Crippen molar-refractivity contribution in [1.82, 2.24) is 9.47 Å². The number of rotatable bonds is 14. The fourth-order valence-electron chi connectivity index (χ4n) is 6.53. The molecule has 0 N–H and O–H groups in total. The van der Waals surface area contributed by atoms with E-state index < -0.39 is 12.1 Å². The zero-order chi connectivity index (χ0) is 32.9. The number of likely N-dealkylation sites (tertiary alicyclic amines) is 1. The highest BCUT2D eigenvalue weighted by atomic mass is 16.6. The molecule has 0 aliphatic carbocycles. The van der Waals surface area contributed by atoms with Crippen LogP contribution in [0.5, 0.6) is 0 Å². The normalized spacial score (nSPS) is 14.8. The van der Waals surface area contributed by atoms with Crippen molar-refractivity contribution in [2.75, 3.05) is 34.4 Å². The molecule has 3 aromatic rings. The first-order chi connectivity index (χ1) is 21.8. The van der Waals surface area contributed by atoms with Gasteiger partial charge in [-0.15, -0.1) is 0 Å². The van der Waals surface area contributed by atoms with Crippen molar-refractivity contribution in [1.29, 1.82) is 0 Å². The van der Waals surface area contributed by atoms with Gasteiger partial charge in [0.25, 0.3) is 5.69 Å². The predicted octanol–water partition coefficient (Wildman–Crippen LogP) is 8.48. The zero-order valence-electron chi connectivity index (χ0n) is 28.0. The number of carbonyl (C=O) groups excluding carboxylic acids is 2. The Bertz CT molecular complexity index is 1420. The molecule has 1 aliphatic heterocycles. The van der Waals surface area contributed by atoms with E-state index in [1.54, 1.807) is 25.3 Å². The van der Waals surface area contributed by atoms with Gasteiger partial charge in [0, 0.05) is 18.6 Å². The topological polar surface area (TPSA) is 104 Å². The van der Waals surface area contributed by atoms with Crippen molar-refractivity contribution in [3.63, 3.8) is 0 Å². The molecular formula is C36H51N3O6. The summed E-state index contributed by atoms with van der Waals surface area (Å²) in [5.41, 5.74) is 4.42. The van der Waals surface area contributed by atoms with E-state index in [4.69, 9.17) is 9.47 Å². The Kier molecular flexibility index (Phi) is 14.2. The molecule has 9 nitrogen and oxygen atoms in total. The van der Waals surface area contributed by atoms with Gasteiger partial charge in [0.05, 0.1) is 47.0 Å². The third kappa shape index (κ3) is 8.79. The molecule has 0 radical (unpaired) electrons. The molecule has 2 unspecified atom stereocenters. The third-order valence-corrected chi connectivity index (χ3v) is 8.81. The Morgan fingerprint density at radius 2 is 1.76 bits per heavy atom. The molecule has 2 heterocycles. The summed E-state index contributed by atoms with van der Waals surface area (Å²) in [6.07, 6.45) is 10.3. The summed E-state index contributed by atoms with van der Waals surface area (Å²) in [5.74, 6) is -0.231. The summed E-state index contributed by atoms with van der Waals surface area (Å²) in [6, 6.07) is 10.6. The van der Waals surface area contributed by atoms with Crippen molar-refractivity contribution < 1.29 is 24.0 Å². The molecule has 1 aliphatic rings. The number of hydrogen-bond acceptors (Lipinski definition) is 7. The van der Waals surface area contributed by atoms with Gasteiger partial charge < -0.3 is 23.7 Å². The Balaban J connectivity index is 0.000000693. The van der Waals surface area contributed by atoms with Gasteiger partial charge in [-0.3, -0.25) is 10.1 Å². The van der Waals surface area contributed by atoms with Crippen LogP contribution in [0.4, 0.5) is 5.69 Å². The van der Waals surface area contributed by atoms with E-state index in [0.717, 1.165) is 66.1 Å². The van der Waals surface area contributed by atoms with Gasteiger partial charge in [0.15, 0.2) is 0 Å². The van der Waals surface area contributed by atoms with Gasteiger partial charge in [-0.05, 0) is 93.6 Å². The molecule has 0 spiro atoms. The monoisotopic (exact) mass is 621 g/mol. The Labute approximate surface area is 268 Å². The number of nitro groups is 1. The summed E-state index contributed by atoms with van der Waals surface area (Å²) >= 11 is 0. The van der Waals surface area contributed by atoms with Crippen LogP contribution >= 0.6 is 0 Å². The number of fused-ring (bicyclic) bond motifs is 1. The minimum atomic E-state index is -0.451. The molecular weight excluding hydrogens is 570 g/mol. The highest BCUT2D eigenvalue weighted by Gasteiger charge is 2.28. The van der Waals surface area contributed by atoms with E-state index in [-0.39, 0.29) is 23.1 Å². The van der Waals surface area contributed by atoms with Gasteiger partial charge in [0.2, 0.25) is 0 Å². The summed E-state index contributed by atoms with van der Waals surface area (Å²) in [5, 5.41) is 12.9. The van der Waals surface area contributed by atoms with E-state index in [0.29, 0.717) is 17.5 Å². The number of aromatic nitrogens is 1. The molecule has 1 aromatic heterocycles. The maximum absolute atomic E-state index is 12.4. The summed E-state index contributed by atoms with van der Waals surface area (Å²) in [6.45, 7) is 8.97. The number of esters is 1. The summed E-state index contributed by atoms with van der Waals surface area (Å²) in [4.78, 5) is 38.2. The van der Waals surface area contributed by atoms with Crippen molar-refractivity contribution in [3.05, 3.63) is 63.2 Å². The molecule has 0 bridgehead atoms. The average molecular weight is 622 g/mol. The van der Waals surface area contributed by atoms with Gasteiger partial charge in [-0.1, -0.05) is 52.5 Å². The van der Waals surface area contributed by atoms with Crippen LogP contribution in [0.3, 0.4) is 0 Å². The minimum absolute atomic E-state index is 0.00566. The fourth-order valence-corrected chi connectivity index (χ4v) is 6.53. The van der Waals surface area contributed by atoms with Crippen molar-refractivity contribution >= 4 is 28.8 Å². The third-order valence-electron chi connectivity index (χ3n) is 8.81. The number of aldehydes is 1. The molecule has 246 valence electrons. The molecule has 0 saturated carbocycles. The van der Waals surface area contributed by atoms with Crippen LogP contribution in [0.2, 0.25) is 0 Å². The molecule has 0 amide bonds. The van der Waals surface area contributed by atoms with Crippen LogP contribution in [0.15, 0.2) is 36.4 Å². The predicted molar refractivity (Wildman–Crippen MR) is 180 cm³/mol. The van der Waals surface area contributed by atoms with Gasteiger partial charge in [-0.25, -0.2) is 4.79 Å². The van der Waals surface area contributed by atoms with E-state index in [2.05, 4.69) is 25.8 Å². The molecule has 4 rings (SSSR count). The van der Waals surface area contributed by atoms with Crippen LogP contribution in [-0.2, 0) is 20.8 Å². The van der Waals surface area contributed by atoms with Gasteiger partial charge in [-0.2, -0.15) is 0 Å². The minimum Gasteiger partial charge on any atom is -0.465 e. The second-order valence-electron chi connectivity index (χ2n) is 11.9. The van der Waals surface area contributed by atoms with Crippen molar-refractivity contribution in [2.24, 2.45) is 0 Å². The van der Waals surface area contributed by atoms with E-state index in [1.165, 1.54) is 45.5 Å². The van der Waals surface area contributed by atoms with Crippen LogP contribution in [0, 0.1) is 10.1 Å². The van der Waals surface area contributed by atoms with Crippen LogP contribution in [-0.4, -0.2) is 61.0 Å². The zero-order valence-corrected chi connectivity index (χ0v) is 28.0. The number of ether oxygens (including phenoxy) is 2. The van der Waals surface area contributed by atoms with Crippen LogP contribution in [0.25, 0.3) is 22.2 Å². The number of piperidine rings is 1. The Morgan fingerprint density at radius 3 is 2.29 bits per heavy atom. The number of methoxy groups -OCH3 is 2. The quantitative estimate of drug-likeness (QED) is 0.0769. The van der Waals surface area contributed by atoms with Crippen LogP contribution < -0.4 is 0 Å². The second kappa shape index (κ2) is 17.8. The lowest BCUT2D eigenvalue weighted by Crippen LogP contribution is -2.24.